The molecule has 0 aliphatic carbocycles. The van der Waals surface area contributed by atoms with Crippen LogP contribution in [0, 0.1) is 5.41 Å². The molecule has 0 aromatic heterocycles. The van der Waals surface area contributed by atoms with Gasteiger partial charge in [-0.2, -0.15) is 0 Å². The van der Waals surface area contributed by atoms with Crippen LogP contribution < -0.4 is 0 Å². The minimum atomic E-state index is 0.159. The summed E-state index contributed by atoms with van der Waals surface area (Å²) in [6.45, 7) is 10.4. The van der Waals surface area contributed by atoms with E-state index in [0.717, 1.165) is 19.5 Å². The van der Waals surface area contributed by atoms with Gasteiger partial charge in [-0.25, -0.2) is 0 Å². The maximum absolute atomic E-state index is 11.2. The number of ether oxygens (including phenoxy) is 1. The van der Waals surface area contributed by atoms with Gasteiger partial charge < -0.3 is 9.64 Å². The number of carbonyl (C=O) groups is 1. The highest BCUT2D eigenvalue weighted by Gasteiger charge is 2.26. The molecule has 1 rings (SSSR count). The summed E-state index contributed by atoms with van der Waals surface area (Å²) in [6.07, 6.45) is 1.23. The van der Waals surface area contributed by atoms with Crippen molar-refractivity contribution < 1.29 is 9.53 Å². The van der Waals surface area contributed by atoms with Crippen molar-refractivity contribution in [2.24, 2.45) is 5.41 Å². The first-order valence-electron chi connectivity index (χ1n) is 5.25. The van der Waals surface area contributed by atoms with Gasteiger partial charge in [0.15, 0.2) is 0 Å². The van der Waals surface area contributed by atoms with E-state index in [0.29, 0.717) is 6.61 Å². The molecule has 3 heteroatoms. The Morgan fingerprint density at radius 1 is 1.50 bits per heavy atom. The second-order valence-electron chi connectivity index (χ2n) is 5.22. The second kappa shape index (κ2) is 4.30. The molecular formula is C11H21NO2. The monoisotopic (exact) mass is 199 g/mol. The lowest BCUT2D eigenvalue weighted by molar-refractivity contribution is -0.137. The summed E-state index contributed by atoms with van der Waals surface area (Å²) in [5, 5.41) is 0. The van der Waals surface area contributed by atoms with Crippen molar-refractivity contribution in [2.45, 2.75) is 40.2 Å². The van der Waals surface area contributed by atoms with E-state index in [1.165, 1.54) is 0 Å². The van der Waals surface area contributed by atoms with Gasteiger partial charge >= 0.3 is 0 Å². The molecule has 1 atom stereocenters. The van der Waals surface area contributed by atoms with E-state index in [1.807, 2.05) is 4.90 Å². The van der Waals surface area contributed by atoms with Crippen LogP contribution >= 0.6 is 0 Å². The zero-order valence-corrected chi connectivity index (χ0v) is 9.67. The van der Waals surface area contributed by atoms with E-state index in [2.05, 4.69) is 20.8 Å². The summed E-state index contributed by atoms with van der Waals surface area (Å²) in [5.74, 6) is 0.159. The molecule has 0 N–H and O–H groups in total. The van der Waals surface area contributed by atoms with E-state index in [1.54, 1.807) is 6.92 Å². The van der Waals surface area contributed by atoms with Gasteiger partial charge in [-0.15, -0.1) is 0 Å². The van der Waals surface area contributed by atoms with Crippen molar-refractivity contribution in [1.82, 2.24) is 4.90 Å². The third-order valence-electron chi connectivity index (χ3n) is 2.42. The molecule has 0 aromatic rings. The minimum absolute atomic E-state index is 0.159. The minimum Gasteiger partial charge on any atom is -0.375 e. The Morgan fingerprint density at radius 3 is 2.64 bits per heavy atom. The van der Waals surface area contributed by atoms with E-state index in [4.69, 9.17) is 4.74 Å². The molecule has 1 unspecified atom stereocenters. The molecule has 0 saturated carbocycles. The molecule has 14 heavy (non-hydrogen) atoms. The lowest BCUT2D eigenvalue weighted by atomic mass is 9.88. The molecular weight excluding hydrogens is 178 g/mol. The first-order chi connectivity index (χ1) is 6.38. The fourth-order valence-electron chi connectivity index (χ4n) is 1.81. The summed E-state index contributed by atoms with van der Waals surface area (Å²) in [4.78, 5) is 13.1. The number of morpholine rings is 1. The van der Waals surface area contributed by atoms with Crippen molar-refractivity contribution >= 4 is 5.91 Å². The van der Waals surface area contributed by atoms with Gasteiger partial charge in [0.05, 0.1) is 12.7 Å². The van der Waals surface area contributed by atoms with E-state index >= 15 is 0 Å². The fourth-order valence-corrected chi connectivity index (χ4v) is 1.81. The average Bonchev–Trinajstić information content (AvgIpc) is 2.01. The number of rotatable bonds is 1. The van der Waals surface area contributed by atoms with Gasteiger partial charge in [0, 0.05) is 20.0 Å². The van der Waals surface area contributed by atoms with Crippen LogP contribution in [0.15, 0.2) is 0 Å². The van der Waals surface area contributed by atoms with Gasteiger partial charge in [-0.3, -0.25) is 4.79 Å². The van der Waals surface area contributed by atoms with Crippen molar-refractivity contribution in [3.05, 3.63) is 0 Å². The summed E-state index contributed by atoms with van der Waals surface area (Å²) < 4.78 is 5.64. The van der Waals surface area contributed by atoms with E-state index < -0.39 is 0 Å². The van der Waals surface area contributed by atoms with Crippen LogP contribution in [0.2, 0.25) is 0 Å². The Labute approximate surface area is 86.4 Å². The lowest BCUT2D eigenvalue weighted by Gasteiger charge is -2.35. The summed E-state index contributed by atoms with van der Waals surface area (Å²) in [7, 11) is 0. The summed E-state index contributed by atoms with van der Waals surface area (Å²) in [6, 6.07) is 0. The molecule has 3 nitrogen and oxygen atoms in total. The fraction of sp³-hybridized carbons (Fsp3) is 0.909. The van der Waals surface area contributed by atoms with Gasteiger partial charge in [0.25, 0.3) is 0 Å². The van der Waals surface area contributed by atoms with Crippen LogP contribution in [0.3, 0.4) is 0 Å². The van der Waals surface area contributed by atoms with Crippen LogP contribution in [-0.2, 0) is 9.53 Å². The van der Waals surface area contributed by atoms with E-state index in [-0.39, 0.29) is 17.4 Å². The van der Waals surface area contributed by atoms with Gasteiger partial charge in [-0.05, 0) is 11.8 Å². The van der Waals surface area contributed by atoms with E-state index in [9.17, 15) is 4.79 Å². The first kappa shape index (κ1) is 11.5. The number of carbonyl (C=O) groups excluding carboxylic acids is 1. The molecule has 0 aromatic carbocycles. The summed E-state index contributed by atoms with van der Waals surface area (Å²) >= 11 is 0. The maximum Gasteiger partial charge on any atom is 0.219 e. The van der Waals surface area contributed by atoms with Gasteiger partial charge in [-0.1, -0.05) is 20.8 Å². The van der Waals surface area contributed by atoms with Crippen LogP contribution in [-0.4, -0.2) is 36.6 Å². The van der Waals surface area contributed by atoms with Gasteiger partial charge in [0.1, 0.15) is 0 Å². The predicted molar refractivity (Wildman–Crippen MR) is 56.1 cm³/mol. The topological polar surface area (TPSA) is 29.5 Å². The SMILES string of the molecule is CC(=O)N1CCOC(CC(C)(C)C)C1. The van der Waals surface area contributed by atoms with Crippen LogP contribution in [0.5, 0.6) is 0 Å². The lowest BCUT2D eigenvalue weighted by Crippen LogP contribution is -2.45. The normalized spacial score (nSPS) is 23.7. The largest absolute Gasteiger partial charge is 0.375 e. The Morgan fingerprint density at radius 2 is 2.14 bits per heavy atom. The first-order valence-corrected chi connectivity index (χ1v) is 5.25. The zero-order chi connectivity index (χ0) is 10.8. The summed E-state index contributed by atoms with van der Waals surface area (Å²) in [5.41, 5.74) is 0.268. The number of hydrogen-bond donors (Lipinski definition) is 0. The van der Waals surface area contributed by atoms with Crippen molar-refractivity contribution in [3.8, 4) is 0 Å². The molecule has 0 spiro atoms. The standard InChI is InChI=1S/C11H21NO2/c1-9(13)12-5-6-14-10(8-12)7-11(2,3)4/h10H,5-8H2,1-4H3. The van der Waals surface area contributed by atoms with Gasteiger partial charge in [0.2, 0.25) is 5.91 Å². The van der Waals surface area contributed by atoms with Crippen LogP contribution in [0.4, 0.5) is 0 Å². The Hall–Kier alpha value is -0.570. The number of nitrogens with zero attached hydrogens (tertiary/aromatic N) is 1. The molecule has 1 aliphatic rings. The maximum atomic E-state index is 11.2. The molecule has 82 valence electrons. The molecule has 1 heterocycles. The smallest absolute Gasteiger partial charge is 0.219 e. The third-order valence-corrected chi connectivity index (χ3v) is 2.42. The van der Waals surface area contributed by atoms with Crippen LogP contribution in [0.1, 0.15) is 34.1 Å². The van der Waals surface area contributed by atoms with Crippen LogP contribution in [0.25, 0.3) is 0 Å². The quantitative estimate of drug-likeness (QED) is 0.643. The highest BCUT2D eigenvalue weighted by atomic mass is 16.5. The highest BCUT2D eigenvalue weighted by Crippen LogP contribution is 2.24. The molecule has 0 bridgehead atoms. The molecule has 0 radical (unpaired) electrons. The number of hydrogen-bond acceptors (Lipinski definition) is 2. The molecule has 1 aliphatic heterocycles. The zero-order valence-electron chi connectivity index (χ0n) is 9.67. The third kappa shape index (κ3) is 3.66. The molecule has 1 fully saturated rings. The van der Waals surface area contributed by atoms with Crippen molar-refractivity contribution in [3.63, 3.8) is 0 Å². The Bertz CT molecular complexity index is 208. The van der Waals surface area contributed by atoms with Crippen molar-refractivity contribution in [2.75, 3.05) is 19.7 Å². The Kier molecular flexibility index (Phi) is 3.53. The Balaban J connectivity index is 2.44. The molecule has 1 saturated heterocycles. The second-order valence-corrected chi connectivity index (χ2v) is 5.22. The van der Waals surface area contributed by atoms with Crippen molar-refractivity contribution in [1.29, 1.82) is 0 Å². The predicted octanol–water partition coefficient (Wildman–Crippen LogP) is 1.67. The number of amides is 1. The highest BCUT2D eigenvalue weighted by molar-refractivity contribution is 5.73. The average molecular weight is 199 g/mol. The molecule has 1 amide bonds.